The Morgan fingerprint density at radius 2 is 1.85 bits per heavy atom. The second kappa shape index (κ2) is 4.60. The van der Waals surface area contributed by atoms with Gasteiger partial charge in [-0.2, -0.15) is 5.10 Å². The first kappa shape index (κ1) is 12.6. The molecule has 100 valence electrons. The number of aromatic nitrogens is 2. The Kier molecular flexibility index (Phi) is 2.90. The van der Waals surface area contributed by atoms with E-state index in [1.165, 1.54) is 0 Å². The van der Waals surface area contributed by atoms with Gasteiger partial charge in [0.05, 0.1) is 5.52 Å². The summed E-state index contributed by atoms with van der Waals surface area (Å²) in [4.78, 5) is 12.7. The number of carbonyl (C=O) groups excluding carboxylic acids is 1. The Balaban J connectivity index is 2.18. The second-order valence-electron chi connectivity index (χ2n) is 5.14. The normalized spacial score (nSPS) is 10.9. The third-order valence-electron chi connectivity index (χ3n) is 3.60. The summed E-state index contributed by atoms with van der Waals surface area (Å²) in [6.45, 7) is 3.99. The van der Waals surface area contributed by atoms with E-state index < -0.39 is 0 Å². The van der Waals surface area contributed by atoms with Crippen molar-refractivity contribution in [1.29, 1.82) is 0 Å². The maximum Gasteiger partial charge on any atom is 0.214 e. The van der Waals surface area contributed by atoms with Crippen molar-refractivity contribution in [3.05, 3.63) is 64.8 Å². The number of fused-ring (bicyclic) bond motifs is 1. The van der Waals surface area contributed by atoms with E-state index in [-0.39, 0.29) is 5.78 Å². The van der Waals surface area contributed by atoms with E-state index in [0.717, 1.165) is 27.6 Å². The van der Waals surface area contributed by atoms with Gasteiger partial charge in [-0.15, -0.1) is 0 Å². The van der Waals surface area contributed by atoms with Gasteiger partial charge in [-0.25, -0.2) is 0 Å². The molecule has 0 radical (unpaired) electrons. The maximum absolute atomic E-state index is 12.7. The number of hydrogen-bond donors (Lipinski definition) is 0. The van der Waals surface area contributed by atoms with Crippen LogP contribution in [0, 0.1) is 13.8 Å². The number of rotatable bonds is 2. The fourth-order valence-corrected chi connectivity index (χ4v) is 2.58. The van der Waals surface area contributed by atoms with Crippen molar-refractivity contribution in [3.63, 3.8) is 0 Å². The molecule has 0 fully saturated rings. The van der Waals surface area contributed by atoms with Gasteiger partial charge in [-0.05, 0) is 25.5 Å². The molecule has 0 N–H and O–H groups in total. The van der Waals surface area contributed by atoms with Crippen LogP contribution in [0.15, 0.2) is 42.5 Å². The van der Waals surface area contributed by atoms with Crippen molar-refractivity contribution in [1.82, 2.24) is 9.78 Å². The molecule has 1 aromatic heterocycles. The molecule has 0 saturated carbocycles. The quantitative estimate of drug-likeness (QED) is 0.665. The molecule has 0 amide bonds. The summed E-state index contributed by atoms with van der Waals surface area (Å²) >= 11 is 0. The van der Waals surface area contributed by atoms with Crippen molar-refractivity contribution in [2.75, 3.05) is 0 Å². The average Bonchev–Trinajstić information content (AvgIpc) is 2.76. The summed E-state index contributed by atoms with van der Waals surface area (Å²) in [6.07, 6.45) is 0. The summed E-state index contributed by atoms with van der Waals surface area (Å²) in [6, 6.07) is 13.7. The van der Waals surface area contributed by atoms with Gasteiger partial charge in [0.2, 0.25) is 5.78 Å². The summed E-state index contributed by atoms with van der Waals surface area (Å²) in [5, 5.41) is 5.30. The van der Waals surface area contributed by atoms with Crippen molar-refractivity contribution in [2.45, 2.75) is 13.8 Å². The number of benzene rings is 2. The Morgan fingerprint density at radius 3 is 2.60 bits per heavy atom. The van der Waals surface area contributed by atoms with Crippen LogP contribution in [0.2, 0.25) is 0 Å². The predicted molar refractivity (Wildman–Crippen MR) is 80.1 cm³/mol. The van der Waals surface area contributed by atoms with Crippen LogP contribution < -0.4 is 0 Å². The Morgan fingerprint density at radius 1 is 1.10 bits per heavy atom. The lowest BCUT2D eigenvalue weighted by molar-refractivity contribution is 0.103. The lowest BCUT2D eigenvalue weighted by atomic mass is 9.99. The van der Waals surface area contributed by atoms with Gasteiger partial charge in [0, 0.05) is 18.0 Å². The van der Waals surface area contributed by atoms with Gasteiger partial charge in [-0.1, -0.05) is 42.0 Å². The molecule has 3 heteroatoms. The first-order valence-corrected chi connectivity index (χ1v) is 6.61. The number of carbonyl (C=O) groups is 1. The lowest BCUT2D eigenvalue weighted by Crippen LogP contribution is -2.06. The Labute approximate surface area is 117 Å². The van der Waals surface area contributed by atoms with Crippen LogP contribution in [0.25, 0.3) is 10.9 Å². The maximum atomic E-state index is 12.7. The standard InChI is InChI=1S/C17H16N2O/c1-11-8-9-13(12(2)10-11)17(20)16-14-6-4-5-7-15(14)19(3)18-16/h4-10H,1-3H3. The number of aryl methyl sites for hydroxylation is 3. The van der Waals surface area contributed by atoms with Crippen molar-refractivity contribution >= 4 is 16.7 Å². The monoisotopic (exact) mass is 264 g/mol. The number of hydrogen-bond acceptors (Lipinski definition) is 2. The van der Waals surface area contributed by atoms with Crippen molar-refractivity contribution in [3.8, 4) is 0 Å². The highest BCUT2D eigenvalue weighted by Gasteiger charge is 2.18. The van der Waals surface area contributed by atoms with Gasteiger partial charge < -0.3 is 0 Å². The SMILES string of the molecule is Cc1ccc(C(=O)c2nn(C)c3ccccc23)c(C)c1. The molecular weight excluding hydrogens is 248 g/mol. The van der Waals surface area contributed by atoms with E-state index in [4.69, 9.17) is 0 Å². The minimum Gasteiger partial charge on any atom is -0.287 e. The third kappa shape index (κ3) is 1.92. The first-order chi connectivity index (χ1) is 9.58. The number of ketones is 1. The zero-order valence-corrected chi connectivity index (χ0v) is 11.8. The van der Waals surface area contributed by atoms with Crippen LogP contribution >= 0.6 is 0 Å². The number of para-hydroxylation sites is 1. The van der Waals surface area contributed by atoms with Crippen LogP contribution in [0.3, 0.4) is 0 Å². The second-order valence-corrected chi connectivity index (χ2v) is 5.14. The fourth-order valence-electron chi connectivity index (χ4n) is 2.58. The summed E-state index contributed by atoms with van der Waals surface area (Å²) < 4.78 is 1.76. The highest BCUT2D eigenvalue weighted by molar-refractivity contribution is 6.15. The van der Waals surface area contributed by atoms with Crippen molar-refractivity contribution in [2.24, 2.45) is 7.05 Å². The smallest absolute Gasteiger partial charge is 0.214 e. The average molecular weight is 264 g/mol. The van der Waals surface area contributed by atoms with Crippen LogP contribution in [0.1, 0.15) is 27.2 Å². The van der Waals surface area contributed by atoms with Crippen LogP contribution in [-0.2, 0) is 7.05 Å². The molecule has 0 aliphatic carbocycles. The van der Waals surface area contributed by atoms with E-state index in [0.29, 0.717) is 5.69 Å². The summed E-state index contributed by atoms with van der Waals surface area (Å²) in [5.74, 6) is -0.0145. The van der Waals surface area contributed by atoms with Gasteiger partial charge in [-0.3, -0.25) is 9.48 Å². The van der Waals surface area contributed by atoms with Gasteiger partial charge in [0.25, 0.3) is 0 Å². The molecular formula is C17H16N2O. The van der Waals surface area contributed by atoms with Crippen molar-refractivity contribution < 1.29 is 4.79 Å². The van der Waals surface area contributed by atoms with E-state index in [2.05, 4.69) is 5.10 Å². The van der Waals surface area contributed by atoms with Gasteiger partial charge in [0.15, 0.2) is 0 Å². The predicted octanol–water partition coefficient (Wildman–Crippen LogP) is 3.42. The van der Waals surface area contributed by atoms with E-state index >= 15 is 0 Å². The zero-order chi connectivity index (χ0) is 14.3. The van der Waals surface area contributed by atoms with E-state index in [1.54, 1.807) is 4.68 Å². The topological polar surface area (TPSA) is 34.9 Å². The Bertz CT molecular complexity index is 815. The number of nitrogens with zero attached hydrogens (tertiary/aromatic N) is 2. The van der Waals surface area contributed by atoms with Crippen LogP contribution in [0.4, 0.5) is 0 Å². The van der Waals surface area contributed by atoms with Gasteiger partial charge in [0.1, 0.15) is 5.69 Å². The molecule has 0 unspecified atom stereocenters. The highest BCUT2D eigenvalue weighted by atomic mass is 16.1. The van der Waals surface area contributed by atoms with E-state index in [9.17, 15) is 4.79 Å². The molecule has 0 spiro atoms. The third-order valence-corrected chi connectivity index (χ3v) is 3.60. The largest absolute Gasteiger partial charge is 0.287 e. The van der Waals surface area contributed by atoms with E-state index in [1.807, 2.05) is 63.4 Å². The van der Waals surface area contributed by atoms with Crippen LogP contribution in [-0.4, -0.2) is 15.6 Å². The minimum absolute atomic E-state index is 0.0145. The molecule has 0 atom stereocenters. The lowest BCUT2D eigenvalue weighted by Gasteiger charge is -2.04. The molecule has 3 rings (SSSR count). The fraction of sp³-hybridized carbons (Fsp3) is 0.176. The van der Waals surface area contributed by atoms with Gasteiger partial charge >= 0.3 is 0 Å². The molecule has 0 saturated heterocycles. The molecule has 0 bridgehead atoms. The zero-order valence-electron chi connectivity index (χ0n) is 11.8. The summed E-state index contributed by atoms with van der Waals surface area (Å²) in [5.41, 5.74) is 4.37. The molecule has 2 aromatic carbocycles. The molecule has 0 aliphatic heterocycles. The molecule has 0 aliphatic rings. The first-order valence-electron chi connectivity index (χ1n) is 6.61. The Hall–Kier alpha value is -2.42. The molecule has 3 aromatic rings. The summed E-state index contributed by atoms with van der Waals surface area (Å²) in [7, 11) is 1.86. The molecule has 3 nitrogen and oxygen atoms in total. The highest BCUT2D eigenvalue weighted by Crippen LogP contribution is 2.22. The minimum atomic E-state index is -0.0145. The van der Waals surface area contributed by atoms with Crippen LogP contribution in [0.5, 0.6) is 0 Å². The molecule has 1 heterocycles. The molecule has 20 heavy (non-hydrogen) atoms.